The van der Waals surface area contributed by atoms with Gasteiger partial charge in [-0.3, -0.25) is 9.59 Å². The highest BCUT2D eigenvalue weighted by Gasteiger charge is 2.12. The summed E-state index contributed by atoms with van der Waals surface area (Å²) in [6.45, 7) is 1.21. The maximum absolute atomic E-state index is 11.7. The third-order valence-corrected chi connectivity index (χ3v) is 2.83. The van der Waals surface area contributed by atoms with Crippen molar-refractivity contribution in [1.82, 2.24) is 0 Å². The van der Waals surface area contributed by atoms with E-state index in [0.717, 1.165) is 6.42 Å². The topological polar surface area (TPSA) is 84.9 Å². The summed E-state index contributed by atoms with van der Waals surface area (Å²) in [5.74, 6) is 0.186. The Labute approximate surface area is 116 Å². The standard InChI is InChI=1S/C14H17NO5/c16-13(3-1-4-14(17)18)15-10-5-6-11-12(9-10)20-8-2-7-19-11/h5-6,9H,1-4,7-8H2,(H,15,16)(H,17,18). The molecule has 6 heteroatoms. The number of amides is 1. The van der Waals surface area contributed by atoms with Crippen LogP contribution >= 0.6 is 0 Å². The molecule has 1 aliphatic rings. The van der Waals surface area contributed by atoms with Crippen molar-refractivity contribution >= 4 is 17.6 Å². The first-order chi connectivity index (χ1) is 9.65. The summed E-state index contributed by atoms with van der Waals surface area (Å²) in [6.07, 6.45) is 1.33. The highest BCUT2D eigenvalue weighted by molar-refractivity contribution is 5.91. The van der Waals surface area contributed by atoms with Crippen LogP contribution < -0.4 is 14.8 Å². The Bertz CT molecular complexity index is 500. The first kappa shape index (κ1) is 14.2. The molecule has 2 N–H and O–H groups in total. The van der Waals surface area contributed by atoms with E-state index in [-0.39, 0.29) is 18.7 Å². The quantitative estimate of drug-likeness (QED) is 0.861. The predicted molar refractivity (Wildman–Crippen MR) is 72.2 cm³/mol. The lowest BCUT2D eigenvalue weighted by molar-refractivity contribution is -0.137. The van der Waals surface area contributed by atoms with Crippen molar-refractivity contribution in [3.63, 3.8) is 0 Å². The average Bonchev–Trinajstić information content (AvgIpc) is 2.62. The second kappa shape index (κ2) is 6.79. The van der Waals surface area contributed by atoms with Crippen LogP contribution in [0.15, 0.2) is 18.2 Å². The van der Waals surface area contributed by atoms with Gasteiger partial charge in [0.15, 0.2) is 11.5 Å². The molecule has 0 saturated heterocycles. The number of carbonyl (C=O) groups is 2. The van der Waals surface area contributed by atoms with Gasteiger partial charge in [0, 0.05) is 31.0 Å². The number of rotatable bonds is 5. The van der Waals surface area contributed by atoms with Crippen LogP contribution in [0.25, 0.3) is 0 Å². The zero-order chi connectivity index (χ0) is 14.4. The molecule has 0 aromatic heterocycles. The average molecular weight is 279 g/mol. The van der Waals surface area contributed by atoms with Crippen LogP contribution in [0.4, 0.5) is 5.69 Å². The molecule has 1 aromatic carbocycles. The zero-order valence-electron chi connectivity index (χ0n) is 11.1. The van der Waals surface area contributed by atoms with Crippen molar-refractivity contribution in [2.45, 2.75) is 25.7 Å². The first-order valence-corrected chi connectivity index (χ1v) is 6.56. The molecule has 0 saturated carbocycles. The minimum Gasteiger partial charge on any atom is -0.490 e. The lowest BCUT2D eigenvalue weighted by Crippen LogP contribution is -2.12. The van der Waals surface area contributed by atoms with Crippen LogP contribution in [0.5, 0.6) is 11.5 Å². The van der Waals surface area contributed by atoms with E-state index in [1.807, 2.05) is 0 Å². The minimum atomic E-state index is -0.895. The number of fused-ring (bicyclic) bond motifs is 1. The summed E-state index contributed by atoms with van der Waals surface area (Å²) in [6, 6.07) is 5.21. The number of benzene rings is 1. The van der Waals surface area contributed by atoms with Crippen molar-refractivity contribution in [2.24, 2.45) is 0 Å². The molecule has 0 bridgehead atoms. The van der Waals surface area contributed by atoms with Gasteiger partial charge in [-0.2, -0.15) is 0 Å². The summed E-state index contributed by atoms with van der Waals surface area (Å²) in [5.41, 5.74) is 0.620. The number of nitrogens with one attached hydrogen (secondary N) is 1. The van der Waals surface area contributed by atoms with Crippen molar-refractivity contribution in [3.8, 4) is 11.5 Å². The van der Waals surface area contributed by atoms with Crippen molar-refractivity contribution in [3.05, 3.63) is 18.2 Å². The highest BCUT2D eigenvalue weighted by atomic mass is 16.5. The third-order valence-electron chi connectivity index (χ3n) is 2.83. The molecule has 0 unspecified atom stereocenters. The van der Waals surface area contributed by atoms with Gasteiger partial charge in [0.25, 0.3) is 0 Å². The summed E-state index contributed by atoms with van der Waals surface area (Å²) in [4.78, 5) is 22.0. The Morgan fingerprint density at radius 3 is 2.65 bits per heavy atom. The number of ether oxygens (including phenoxy) is 2. The number of aliphatic carboxylic acids is 1. The summed E-state index contributed by atoms with van der Waals surface area (Å²) in [7, 11) is 0. The number of hydrogen-bond acceptors (Lipinski definition) is 4. The second-order valence-electron chi connectivity index (χ2n) is 4.51. The molecule has 2 rings (SSSR count). The van der Waals surface area contributed by atoms with Gasteiger partial charge < -0.3 is 19.9 Å². The fourth-order valence-electron chi connectivity index (χ4n) is 1.86. The van der Waals surface area contributed by atoms with Gasteiger partial charge in [-0.05, 0) is 18.6 Å². The van der Waals surface area contributed by atoms with Crippen LogP contribution in [-0.4, -0.2) is 30.2 Å². The van der Waals surface area contributed by atoms with Crippen molar-refractivity contribution < 1.29 is 24.2 Å². The Hall–Kier alpha value is -2.24. The number of anilines is 1. The lowest BCUT2D eigenvalue weighted by Gasteiger charge is -2.10. The van der Waals surface area contributed by atoms with Gasteiger partial charge in [0.2, 0.25) is 5.91 Å². The largest absolute Gasteiger partial charge is 0.490 e. The van der Waals surface area contributed by atoms with E-state index in [0.29, 0.717) is 36.8 Å². The van der Waals surface area contributed by atoms with Crippen LogP contribution in [-0.2, 0) is 9.59 Å². The molecule has 1 aliphatic heterocycles. The molecule has 1 heterocycles. The normalized spacial score (nSPS) is 13.4. The van der Waals surface area contributed by atoms with Gasteiger partial charge >= 0.3 is 5.97 Å². The highest BCUT2D eigenvalue weighted by Crippen LogP contribution is 2.32. The molecule has 0 fully saturated rings. The van der Waals surface area contributed by atoms with E-state index >= 15 is 0 Å². The summed E-state index contributed by atoms with van der Waals surface area (Å²) >= 11 is 0. The Morgan fingerprint density at radius 1 is 1.15 bits per heavy atom. The molecular formula is C14H17NO5. The van der Waals surface area contributed by atoms with Gasteiger partial charge in [0.1, 0.15) is 0 Å². The molecule has 0 spiro atoms. The van der Waals surface area contributed by atoms with Gasteiger partial charge in [-0.1, -0.05) is 0 Å². The fourth-order valence-corrected chi connectivity index (χ4v) is 1.86. The number of carbonyl (C=O) groups excluding carboxylic acids is 1. The molecular weight excluding hydrogens is 262 g/mol. The van der Waals surface area contributed by atoms with Crippen LogP contribution in [0, 0.1) is 0 Å². The van der Waals surface area contributed by atoms with E-state index in [2.05, 4.69) is 5.32 Å². The monoisotopic (exact) mass is 279 g/mol. The van der Waals surface area contributed by atoms with E-state index in [1.165, 1.54) is 0 Å². The second-order valence-corrected chi connectivity index (χ2v) is 4.51. The van der Waals surface area contributed by atoms with Gasteiger partial charge in [-0.25, -0.2) is 0 Å². The zero-order valence-corrected chi connectivity index (χ0v) is 11.1. The van der Waals surface area contributed by atoms with Crippen molar-refractivity contribution in [1.29, 1.82) is 0 Å². The molecule has 20 heavy (non-hydrogen) atoms. The molecule has 0 atom stereocenters. The van der Waals surface area contributed by atoms with Crippen LogP contribution in [0.2, 0.25) is 0 Å². The third kappa shape index (κ3) is 4.15. The Kier molecular flexibility index (Phi) is 4.81. The number of carboxylic acids is 1. The minimum absolute atomic E-state index is 0.00540. The molecule has 108 valence electrons. The molecule has 1 amide bonds. The molecule has 1 aromatic rings. The Morgan fingerprint density at radius 2 is 1.90 bits per heavy atom. The van der Waals surface area contributed by atoms with Crippen LogP contribution in [0.3, 0.4) is 0 Å². The summed E-state index contributed by atoms with van der Waals surface area (Å²) in [5, 5.41) is 11.2. The smallest absolute Gasteiger partial charge is 0.303 e. The summed E-state index contributed by atoms with van der Waals surface area (Å²) < 4.78 is 11.0. The Balaban J connectivity index is 1.91. The van der Waals surface area contributed by atoms with E-state index in [1.54, 1.807) is 18.2 Å². The number of carboxylic acid groups (broad SMARTS) is 1. The van der Waals surface area contributed by atoms with Gasteiger partial charge in [-0.15, -0.1) is 0 Å². The van der Waals surface area contributed by atoms with E-state index < -0.39 is 5.97 Å². The van der Waals surface area contributed by atoms with E-state index in [4.69, 9.17) is 14.6 Å². The SMILES string of the molecule is O=C(O)CCCC(=O)Nc1ccc2c(c1)OCCCO2. The maximum Gasteiger partial charge on any atom is 0.303 e. The molecule has 0 aliphatic carbocycles. The lowest BCUT2D eigenvalue weighted by atomic mass is 10.2. The maximum atomic E-state index is 11.7. The van der Waals surface area contributed by atoms with Crippen molar-refractivity contribution in [2.75, 3.05) is 18.5 Å². The van der Waals surface area contributed by atoms with E-state index in [9.17, 15) is 9.59 Å². The van der Waals surface area contributed by atoms with Gasteiger partial charge in [0.05, 0.1) is 13.2 Å². The number of hydrogen-bond donors (Lipinski definition) is 2. The molecule has 0 radical (unpaired) electrons. The first-order valence-electron chi connectivity index (χ1n) is 6.56. The fraction of sp³-hybridized carbons (Fsp3) is 0.429. The predicted octanol–water partition coefficient (Wildman–Crippen LogP) is 2.04. The molecule has 6 nitrogen and oxygen atoms in total. The van der Waals surface area contributed by atoms with Crippen LogP contribution in [0.1, 0.15) is 25.7 Å².